The van der Waals surface area contributed by atoms with E-state index in [4.69, 9.17) is 34.2 Å². The Kier molecular flexibility index (Phi) is 16.0. The zero-order chi connectivity index (χ0) is 41.5. The van der Waals surface area contributed by atoms with Crippen molar-refractivity contribution in [3.8, 4) is 0 Å². The van der Waals surface area contributed by atoms with Crippen LogP contribution in [0.15, 0.2) is 66.9 Å². The number of hydrogen-bond acceptors (Lipinski definition) is 15. The van der Waals surface area contributed by atoms with Crippen molar-refractivity contribution >= 4 is 41.8 Å². The number of nitrogens with two attached hydrogens (primary N) is 1. The molecule has 3 aromatic rings. The second-order valence-corrected chi connectivity index (χ2v) is 13.1. The number of alkyl carbamates (subject to hydrolysis) is 1. The summed E-state index contributed by atoms with van der Waals surface area (Å²) in [5.74, 6) is -4.45. The van der Waals surface area contributed by atoms with Gasteiger partial charge in [-0.15, -0.1) is 5.10 Å². The van der Waals surface area contributed by atoms with Crippen LogP contribution in [0.5, 0.6) is 0 Å². The van der Waals surface area contributed by atoms with Crippen molar-refractivity contribution < 1.29 is 62.0 Å². The highest BCUT2D eigenvalue weighted by Gasteiger charge is 2.53. The molecule has 2 heterocycles. The molecule has 0 bridgehead atoms. The van der Waals surface area contributed by atoms with Gasteiger partial charge in [0.2, 0.25) is 11.8 Å². The van der Waals surface area contributed by atoms with Crippen LogP contribution in [-0.4, -0.2) is 99.9 Å². The normalized spacial score (nSPS) is 19.8. The Morgan fingerprint density at radius 3 is 1.95 bits per heavy atom. The molecule has 0 spiro atoms. The molecule has 1 aromatic heterocycles. The van der Waals surface area contributed by atoms with Gasteiger partial charge in [0.1, 0.15) is 43.2 Å². The highest BCUT2D eigenvalue weighted by molar-refractivity contribution is 5.90. The standard InChI is InChI=1S/C38H46N6O13/c1-22(45)52-21-31-33(54-23(2)46)35(56-25(4)48)34(55-24(3)47)32(57-31)30-19-44(43-42-30)17-11-16-28(41-38(51)53-20-27-14-9-6-10-15-27)37(50)40-29(36(39)49)18-26-12-7-5-8-13-26/h5-10,12-15,19,28-29,31-35H,11,16-18,20-21H2,1-4H3,(H2,39,49)(H,40,50)(H,41,51)/t28-,29-,31?,32-,33+,34?,35?/m0/s1. The number of aromatic nitrogens is 3. The number of primary amides is 1. The summed E-state index contributed by atoms with van der Waals surface area (Å²) >= 11 is 0. The number of hydrogen-bond donors (Lipinski definition) is 3. The number of carbonyl (C=O) groups is 7. The second-order valence-electron chi connectivity index (χ2n) is 13.1. The van der Waals surface area contributed by atoms with E-state index in [0.29, 0.717) is 0 Å². The lowest BCUT2D eigenvalue weighted by Gasteiger charge is -2.43. The first-order chi connectivity index (χ1) is 27.2. The third kappa shape index (κ3) is 13.7. The Bertz CT molecular complexity index is 1860. The van der Waals surface area contributed by atoms with Crippen molar-refractivity contribution in [3.05, 3.63) is 83.7 Å². The summed E-state index contributed by atoms with van der Waals surface area (Å²) in [7, 11) is 0. The molecule has 19 nitrogen and oxygen atoms in total. The maximum atomic E-state index is 13.6. The van der Waals surface area contributed by atoms with Crippen LogP contribution >= 0.6 is 0 Å². The van der Waals surface area contributed by atoms with Crippen LogP contribution in [0.4, 0.5) is 4.79 Å². The summed E-state index contributed by atoms with van der Waals surface area (Å²) in [4.78, 5) is 87.1. The Morgan fingerprint density at radius 1 is 0.754 bits per heavy atom. The van der Waals surface area contributed by atoms with Crippen LogP contribution in [0.3, 0.4) is 0 Å². The number of esters is 4. The molecule has 7 atom stereocenters. The third-order valence-electron chi connectivity index (χ3n) is 8.48. The van der Waals surface area contributed by atoms with Gasteiger partial charge in [-0.1, -0.05) is 65.9 Å². The molecule has 0 radical (unpaired) electrons. The van der Waals surface area contributed by atoms with Gasteiger partial charge in [0, 0.05) is 40.7 Å². The molecule has 4 N–H and O–H groups in total. The summed E-state index contributed by atoms with van der Waals surface area (Å²) in [5, 5.41) is 13.5. The lowest BCUT2D eigenvalue weighted by Crippen LogP contribution is -2.59. The fourth-order valence-corrected chi connectivity index (χ4v) is 6.00. The van der Waals surface area contributed by atoms with Crippen LogP contribution in [0.2, 0.25) is 0 Å². The van der Waals surface area contributed by atoms with Gasteiger partial charge in [-0.3, -0.25) is 33.4 Å². The van der Waals surface area contributed by atoms with Gasteiger partial charge in [0.05, 0.1) is 6.20 Å². The van der Waals surface area contributed by atoms with Gasteiger partial charge in [0.15, 0.2) is 18.3 Å². The van der Waals surface area contributed by atoms with E-state index in [-0.39, 0.29) is 38.1 Å². The molecule has 1 fully saturated rings. The zero-order valence-electron chi connectivity index (χ0n) is 31.9. The average Bonchev–Trinajstić information content (AvgIpc) is 3.63. The fraction of sp³-hybridized carbons (Fsp3) is 0.447. The van der Waals surface area contributed by atoms with E-state index in [0.717, 1.165) is 38.8 Å². The maximum Gasteiger partial charge on any atom is 0.408 e. The summed E-state index contributed by atoms with van der Waals surface area (Å²) in [6, 6.07) is 15.6. The molecule has 2 aromatic carbocycles. The number of ether oxygens (including phenoxy) is 6. The van der Waals surface area contributed by atoms with Gasteiger partial charge in [-0.2, -0.15) is 0 Å². The molecule has 4 rings (SSSR count). The van der Waals surface area contributed by atoms with E-state index in [1.54, 1.807) is 48.5 Å². The summed E-state index contributed by atoms with van der Waals surface area (Å²) < 4.78 is 34.5. The fourth-order valence-electron chi connectivity index (χ4n) is 6.00. The predicted molar refractivity (Wildman–Crippen MR) is 195 cm³/mol. The van der Waals surface area contributed by atoms with Crippen molar-refractivity contribution in [1.82, 2.24) is 25.6 Å². The zero-order valence-corrected chi connectivity index (χ0v) is 31.9. The number of nitrogens with zero attached hydrogens (tertiary/aromatic N) is 3. The van der Waals surface area contributed by atoms with Gasteiger partial charge in [-0.05, 0) is 24.0 Å². The third-order valence-corrected chi connectivity index (χ3v) is 8.48. The number of amides is 3. The first-order valence-corrected chi connectivity index (χ1v) is 18.0. The van der Waals surface area contributed by atoms with Crippen molar-refractivity contribution in [2.45, 2.75) is 103 Å². The first kappa shape index (κ1) is 43.4. The minimum absolute atomic E-state index is 0.0390. The Hall–Kier alpha value is -6.37. The summed E-state index contributed by atoms with van der Waals surface area (Å²) in [5.41, 5.74) is 7.22. The van der Waals surface area contributed by atoms with E-state index < -0.39 is 91.0 Å². The molecule has 1 aliphatic rings. The van der Waals surface area contributed by atoms with Crippen molar-refractivity contribution in [2.24, 2.45) is 5.73 Å². The number of nitrogens with one attached hydrogen (secondary N) is 2. The average molecular weight is 795 g/mol. The largest absolute Gasteiger partial charge is 0.463 e. The molecule has 19 heteroatoms. The lowest BCUT2D eigenvalue weighted by molar-refractivity contribution is -0.255. The number of aryl methyl sites for hydroxylation is 1. The Balaban J connectivity index is 1.52. The molecule has 0 aliphatic carbocycles. The Labute approximate surface area is 327 Å². The predicted octanol–water partition coefficient (Wildman–Crippen LogP) is 1.36. The molecule has 0 saturated carbocycles. The number of benzene rings is 2. The SMILES string of the molecule is CC(=O)OCC1O[C@@H](c2cn(CCC[C@H](NC(=O)OCc3ccccc3)C(=O)N[C@@H](Cc3ccccc3)C(N)=O)nn2)C(OC(C)=O)C(OC(C)=O)[C@@H]1OC(C)=O. The van der Waals surface area contributed by atoms with Crippen molar-refractivity contribution in [2.75, 3.05) is 6.61 Å². The van der Waals surface area contributed by atoms with Crippen LogP contribution in [0, 0.1) is 0 Å². The molecule has 3 unspecified atom stereocenters. The molecule has 1 saturated heterocycles. The minimum atomic E-state index is -1.40. The van der Waals surface area contributed by atoms with Gasteiger partial charge in [0.25, 0.3) is 0 Å². The van der Waals surface area contributed by atoms with E-state index in [2.05, 4.69) is 20.9 Å². The van der Waals surface area contributed by atoms with E-state index in [1.807, 2.05) is 12.1 Å². The number of carbonyl (C=O) groups excluding carboxylic acids is 7. The van der Waals surface area contributed by atoms with Crippen LogP contribution in [0.1, 0.15) is 63.5 Å². The van der Waals surface area contributed by atoms with Crippen LogP contribution in [-0.2, 0) is 76.8 Å². The molecule has 57 heavy (non-hydrogen) atoms. The van der Waals surface area contributed by atoms with Crippen LogP contribution < -0.4 is 16.4 Å². The molecule has 3 amide bonds. The topological polar surface area (TPSA) is 256 Å². The minimum Gasteiger partial charge on any atom is -0.463 e. The van der Waals surface area contributed by atoms with Gasteiger partial charge in [-0.25, -0.2) is 4.79 Å². The highest BCUT2D eigenvalue weighted by Crippen LogP contribution is 2.37. The van der Waals surface area contributed by atoms with Gasteiger partial charge >= 0.3 is 30.0 Å². The molecular formula is C38H46N6O13. The van der Waals surface area contributed by atoms with Gasteiger partial charge < -0.3 is 44.8 Å². The molecule has 1 aliphatic heterocycles. The smallest absolute Gasteiger partial charge is 0.408 e. The highest BCUT2D eigenvalue weighted by atomic mass is 16.7. The van der Waals surface area contributed by atoms with Crippen molar-refractivity contribution in [3.63, 3.8) is 0 Å². The first-order valence-electron chi connectivity index (χ1n) is 18.0. The summed E-state index contributed by atoms with van der Waals surface area (Å²) in [6.07, 6.45) is -5.62. The maximum absolute atomic E-state index is 13.6. The quantitative estimate of drug-likeness (QED) is 0.121. The van der Waals surface area contributed by atoms with Crippen molar-refractivity contribution in [1.29, 1.82) is 0 Å². The van der Waals surface area contributed by atoms with E-state index >= 15 is 0 Å². The van der Waals surface area contributed by atoms with E-state index in [9.17, 15) is 33.6 Å². The molecule has 306 valence electrons. The van der Waals surface area contributed by atoms with Crippen LogP contribution in [0.25, 0.3) is 0 Å². The monoisotopic (exact) mass is 794 g/mol. The number of rotatable bonds is 18. The lowest BCUT2D eigenvalue weighted by atomic mass is 9.92. The second kappa shape index (κ2) is 21.1. The Morgan fingerprint density at radius 2 is 1.35 bits per heavy atom. The van der Waals surface area contributed by atoms with E-state index in [1.165, 1.54) is 10.9 Å². The summed E-state index contributed by atoms with van der Waals surface area (Å²) in [6.45, 7) is 4.16. The molecular weight excluding hydrogens is 748 g/mol.